The topological polar surface area (TPSA) is 146 Å². The molecule has 1 atom stereocenters. The standard InChI is InChI=1S/C22H22BrN3O.C2H2O4/c23-15-6-4-14(5-7-15)2-1-3-22(27)25-17-9-11-21-19(13-17)18-12-16(24)8-10-20(18)26-21;3-1(4)2(5)6/h1-2,4-7,9,11,13,16,26H,3,8,10,12,24H2,(H,25,27);(H,3,4)(H,5,6)/b2-1+;. The van der Waals surface area contributed by atoms with Crippen LogP contribution in [0.15, 0.2) is 53.0 Å². The van der Waals surface area contributed by atoms with Crippen molar-refractivity contribution >= 4 is 56.4 Å². The van der Waals surface area contributed by atoms with Crippen LogP contribution in [0.4, 0.5) is 5.69 Å². The predicted octanol–water partition coefficient (Wildman–Crippen LogP) is 3.94. The molecule has 33 heavy (non-hydrogen) atoms. The maximum absolute atomic E-state index is 12.3. The largest absolute Gasteiger partial charge is 0.473 e. The summed E-state index contributed by atoms with van der Waals surface area (Å²) < 4.78 is 1.04. The summed E-state index contributed by atoms with van der Waals surface area (Å²) in [5, 5.41) is 18.9. The molecule has 3 aromatic rings. The molecule has 1 aliphatic rings. The van der Waals surface area contributed by atoms with Crippen molar-refractivity contribution in [2.75, 3.05) is 5.32 Å². The number of fused-ring (bicyclic) bond motifs is 3. The van der Waals surface area contributed by atoms with Crippen molar-refractivity contribution in [2.45, 2.75) is 31.7 Å². The van der Waals surface area contributed by atoms with Crippen LogP contribution < -0.4 is 11.1 Å². The minimum Gasteiger partial charge on any atom is -0.473 e. The number of carbonyl (C=O) groups is 3. The number of carboxylic acid groups (broad SMARTS) is 2. The van der Waals surface area contributed by atoms with Gasteiger partial charge >= 0.3 is 11.9 Å². The summed E-state index contributed by atoms with van der Waals surface area (Å²) in [6, 6.07) is 14.2. The predicted molar refractivity (Wildman–Crippen MR) is 130 cm³/mol. The quantitative estimate of drug-likeness (QED) is 0.334. The summed E-state index contributed by atoms with van der Waals surface area (Å²) >= 11 is 3.42. The van der Waals surface area contributed by atoms with Gasteiger partial charge in [-0.3, -0.25) is 4.79 Å². The molecule has 1 amide bonds. The molecule has 0 spiro atoms. The Balaban J connectivity index is 0.000000454. The molecule has 8 nitrogen and oxygen atoms in total. The number of anilines is 1. The van der Waals surface area contributed by atoms with E-state index >= 15 is 0 Å². The van der Waals surface area contributed by atoms with Crippen LogP contribution in [0.5, 0.6) is 0 Å². The molecule has 9 heteroatoms. The van der Waals surface area contributed by atoms with E-state index in [1.807, 2.05) is 48.6 Å². The first-order valence-corrected chi connectivity index (χ1v) is 11.1. The number of nitrogens with one attached hydrogen (secondary N) is 2. The Labute approximate surface area is 198 Å². The highest BCUT2D eigenvalue weighted by molar-refractivity contribution is 9.10. The van der Waals surface area contributed by atoms with Crippen LogP contribution in [-0.2, 0) is 27.2 Å². The molecule has 172 valence electrons. The van der Waals surface area contributed by atoms with Gasteiger partial charge in [0.25, 0.3) is 0 Å². The van der Waals surface area contributed by atoms with Crippen LogP contribution >= 0.6 is 15.9 Å². The van der Waals surface area contributed by atoms with E-state index in [4.69, 9.17) is 25.5 Å². The van der Waals surface area contributed by atoms with Gasteiger partial charge in [-0.1, -0.05) is 40.2 Å². The summed E-state index contributed by atoms with van der Waals surface area (Å²) in [4.78, 5) is 34.0. The lowest BCUT2D eigenvalue weighted by atomic mass is 9.92. The molecule has 0 saturated heterocycles. The van der Waals surface area contributed by atoms with Crippen LogP contribution in [0.1, 0.15) is 29.7 Å². The average Bonchev–Trinajstić information content (AvgIpc) is 3.13. The number of benzene rings is 2. The van der Waals surface area contributed by atoms with Crippen molar-refractivity contribution < 1.29 is 24.6 Å². The van der Waals surface area contributed by atoms with Crippen molar-refractivity contribution in [2.24, 2.45) is 5.73 Å². The molecule has 4 rings (SSSR count). The van der Waals surface area contributed by atoms with Crippen molar-refractivity contribution in [1.82, 2.24) is 4.98 Å². The third-order valence-corrected chi connectivity index (χ3v) is 5.70. The van der Waals surface area contributed by atoms with Crippen LogP contribution in [0.3, 0.4) is 0 Å². The zero-order chi connectivity index (χ0) is 24.0. The summed E-state index contributed by atoms with van der Waals surface area (Å²) in [5.74, 6) is -3.67. The molecule has 1 aromatic heterocycles. The molecule has 1 heterocycles. The van der Waals surface area contributed by atoms with Crippen LogP contribution in [0.25, 0.3) is 17.0 Å². The third kappa shape index (κ3) is 6.77. The Kier molecular flexibility index (Phi) is 8.02. The summed E-state index contributed by atoms with van der Waals surface area (Å²) in [5.41, 5.74) is 11.7. The van der Waals surface area contributed by atoms with Crippen molar-refractivity contribution in [1.29, 1.82) is 0 Å². The molecule has 0 bridgehead atoms. The lowest BCUT2D eigenvalue weighted by molar-refractivity contribution is -0.159. The summed E-state index contributed by atoms with van der Waals surface area (Å²) in [7, 11) is 0. The highest BCUT2D eigenvalue weighted by Gasteiger charge is 2.20. The smallest absolute Gasteiger partial charge is 0.414 e. The third-order valence-electron chi connectivity index (χ3n) is 5.18. The molecular formula is C24H24BrN3O5. The number of nitrogens with two attached hydrogens (primary N) is 1. The molecule has 0 aliphatic heterocycles. The van der Waals surface area contributed by atoms with E-state index in [1.165, 1.54) is 16.6 Å². The Morgan fingerprint density at radius 3 is 2.48 bits per heavy atom. The van der Waals surface area contributed by atoms with Gasteiger partial charge in [-0.25, -0.2) is 9.59 Å². The summed E-state index contributed by atoms with van der Waals surface area (Å²) in [6.07, 6.45) is 7.09. The van der Waals surface area contributed by atoms with Crippen molar-refractivity contribution in [3.05, 3.63) is 69.8 Å². The van der Waals surface area contributed by atoms with E-state index in [9.17, 15) is 4.79 Å². The van der Waals surface area contributed by atoms with Gasteiger partial charge in [0, 0.05) is 39.2 Å². The number of aromatic amines is 1. The van der Waals surface area contributed by atoms with Gasteiger partial charge in [0.2, 0.25) is 5.91 Å². The monoisotopic (exact) mass is 513 g/mol. The van der Waals surface area contributed by atoms with Crippen molar-refractivity contribution in [3.63, 3.8) is 0 Å². The van der Waals surface area contributed by atoms with Crippen LogP contribution in [0.2, 0.25) is 0 Å². The molecule has 1 unspecified atom stereocenters. The van der Waals surface area contributed by atoms with Gasteiger partial charge in [0.15, 0.2) is 0 Å². The zero-order valence-corrected chi connectivity index (χ0v) is 19.3. The maximum atomic E-state index is 12.3. The van der Waals surface area contributed by atoms with E-state index in [-0.39, 0.29) is 11.9 Å². The lowest BCUT2D eigenvalue weighted by Crippen LogP contribution is -2.27. The normalized spacial score (nSPS) is 14.9. The minimum atomic E-state index is -1.82. The number of rotatable bonds is 4. The minimum absolute atomic E-state index is 0.0242. The first-order valence-electron chi connectivity index (χ1n) is 10.3. The van der Waals surface area contributed by atoms with E-state index in [1.54, 1.807) is 0 Å². The summed E-state index contributed by atoms with van der Waals surface area (Å²) in [6.45, 7) is 0. The molecule has 0 fully saturated rings. The number of halogens is 1. The van der Waals surface area contributed by atoms with Gasteiger partial charge in [-0.05, 0) is 60.7 Å². The zero-order valence-electron chi connectivity index (χ0n) is 17.7. The maximum Gasteiger partial charge on any atom is 0.414 e. The molecule has 0 radical (unpaired) electrons. The number of amides is 1. The number of aromatic nitrogens is 1. The Morgan fingerprint density at radius 1 is 1.12 bits per heavy atom. The van der Waals surface area contributed by atoms with E-state index in [0.29, 0.717) is 6.42 Å². The first kappa shape index (κ1) is 24.2. The fourth-order valence-electron chi connectivity index (χ4n) is 3.61. The Morgan fingerprint density at radius 2 is 1.82 bits per heavy atom. The lowest BCUT2D eigenvalue weighted by Gasteiger charge is -2.18. The number of H-pyrrole nitrogens is 1. The van der Waals surface area contributed by atoms with Gasteiger partial charge in [0.05, 0.1) is 0 Å². The second-order valence-corrected chi connectivity index (χ2v) is 8.58. The van der Waals surface area contributed by atoms with E-state index < -0.39 is 11.9 Å². The van der Waals surface area contributed by atoms with Crippen molar-refractivity contribution in [3.8, 4) is 0 Å². The van der Waals surface area contributed by atoms with Crippen LogP contribution in [-0.4, -0.2) is 39.1 Å². The fraction of sp³-hybridized carbons (Fsp3) is 0.208. The number of aryl methyl sites for hydroxylation is 1. The number of hydrogen-bond acceptors (Lipinski definition) is 4. The first-order chi connectivity index (χ1) is 15.7. The van der Waals surface area contributed by atoms with Crippen LogP contribution in [0, 0.1) is 0 Å². The average molecular weight is 514 g/mol. The second kappa shape index (κ2) is 10.9. The van der Waals surface area contributed by atoms with E-state index in [2.05, 4.69) is 32.3 Å². The highest BCUT2D eigenvalue weighted by Crippen LogP contribution is 2.30. The molecule has 6 N–H and O–H groups in total. The molecular weight excluding hydrogens is 490 g/mol. The number of carboxylic acids is 2. The SMILES string of the molecule is NC1CCc2[nH]c3ccc(NC(=O)C/C=C/c4ccc(Br)cc4)cc3c2C1.O=C(O)C(=O)O. The molecule has 0 saturated carbocycles. The fourth-order valence-corrected chi connectivity index (χ4v) is 3.87. The Hall–Kier alpha value is -3.43. The molecule has 2 aromatic carbocycles. The highest BCUT2D eigenvalue weighted by atomic mass is 79.9. The van der Waals surface area contributed by atoms with Gasteiger partial charge in [-0.15, -0.1) is 0 Å². The molecule has 1 aliphatic carbocycles. The van der Waals surface area contributed by atoms with Gasteiger partial charge in [-0.2, -0.15) is 0 Å². The Bertz CT molecular complexity index is 1190. The number of carbonyl (C=O) groups excluding carboxylic acids is 1. The van der Waals surface area contributed by atoms with Gasteiger partial charge in [0.1, 0.15) is 0 Å². The second-order valence-electron chi connectivity index (χ2n) is 7.66. The number of aliphatic carboxylic acids is 2. The number of hydrogen-bond donors (Lipinski definition) is 5. The van der Waals surface area contributed by atoms with E-state index in [0.717, 1.165) is 40.5 Å². The van der Waals surface area contributed by atoms with Gasteiger partial charge < -0.3 is 26.2 Å².